The number of nitrogens with two attached hydrogens (primary N) is 1. The highest BCUT2D eigenvalue weighted by atomic mass is 32.2. The standard InChI is InChI=1S/C16H19N3S/c17-14-10-15(20-11-12-6-4-5-7-12)19-16(18-14)13-8-2-1-3-9-13/h1-3,8-10,12H,4-7,11H2,(H2,17,18,19). The van der Waals surface area contributed by atoms with E-state index in [1.54, 1.807) is 0 Å². The minimum atomic E-state index is 0.549. The van der Waals surface area contributed by atoms with Gasteiger partial charge in [-0.25, -0.2) is 9.97 Å². The minimum absolute atomic E-state index is 0.549. The minimum Gasteiger partial charge on any atom is -0.384 e. The predicted molar refractivity (Wildman–Crippen MR) is 84.6 cm³/mol. The monoisotopic (exact) mass is 285 g/mol. The Labute approximate surface area is 124 Å². The Morgan fingerprint density at radius 3 is 2.60 bits per heavy atom. The van der Waals surface area contributed by atoms with Crippen molar-refractivity contribution in [3.8, 4) is 11.4 Å². The van der Waals surface area contributed by atoms with E-state index in [0.717, 1.165) is 28.1 Å². The van der Waals surface area contributed by atoms with Crippen LogP contribution in [0.2, 0.25) is 0 Å². The zero-order valence-corrected chi connectivity index (χ0v) is 12.3. The molecule has 1 aliphatic carbocycles. The fourth-order valence-electron chi connectivity index (χ4n) is 2.61. The number of anilines is 1. The van der Waals surface area contributed by atoms with E-state index in [4.69, 9.17) is 5.73 Å². The molecule has 1 aliphatic rings. The molecule has 0 radical (unpaired) electrons. The Kier molecular flexibility index (Phi) is 4.21. The summed E-state index contributed by atoms with van der Waals surface area (Å²) in [5.41, 5.74) is 6.93. The second-order valence-corrected chi connectivity index (χ2v) is 6.32. The first-order valence-corrected chi connectivity index (χ1v) is 8.12. The van der Waals surface area contributed by atoms with Crippen LogP contribution in [0.4, 0.5) is 5.82 Å². The Hall–Kier alpha value is -1.55. The average Bonchev–Trinajstić information content (AvgIpc) is 2.99. The van der Waals surface area contributed by atoms with Gasteiger partial charge in [0.25, 0.3) is 0 Å². The lowest BCUT2D eigenvalue weighted by Gasteiger charge is -2.09. The molecule has 20 heavy (non-hydrogen) atoms. The van der Waals surface area contributed by atoms with E-state index in [0.29, 0.717) is 5.82 Å². The van der Waals surface area contributed by atoms with Crippen molar-refractivity contribution in [3.63, 3.8) is 0 Å². The molecule has 3 nitrogen and oxygen atoms in total. The van der Waals surface area contributed by atoms with Gasteiger partial charge in [-0.1, -0.05) is 43.2 Å². The van der Waals surface area contributed by atoms with Crippen LogP contribution in [0.5, 0.6) is 0 Å². The lowest BCUT2D eigenvalue weighted by molar-refractivity contribution is 0.623. The SMILES string of the molecule is Nc1cc(SCC2CCCC2)nc(-c2ccccc2)n1. The second kappa shape index (κ2) is 6.27. The van der Waals surface area contributed by atoms with Crippen molar-refractivity contribution >= 4 is 17.6 Å². The first-order valence-electron chi connectivity index (χ1n) is 7.14. The second-order valence-electron chi connectivity index (χ2n) is 5.28. The number of nitrogens with zero attached hydrogens (tertiary/aromatic N) is 2. The maximum Gasteiger partial charge on any atom is 0.162 e. The Balaban J connectivity index is 1.76. The quantitative estimate of drug-likeness (QED) is 0.681. The third kappa shape index (κ3) is 3.31. The molecule has 0 saturated heterocycles. The van der Waals surface area contributed by atoms with Crippen molar-refractivity contribution in [2.75, 3.05) is 11.5 Å². The molecule has 0 bridgehead atoms. The summed E-state index contributed by atoms with van der Waals surface area (Å²) in [4.78, 5) is 8.97. The summed E-state index contributed by atoms with van der Waals surface area (Å²) in [7, 11) is 0. The van der Waals surface area contributed by atoms with Gasteiger partial charge in [0, 0.05) is 17.4 Å². The third-order valence-corrected chi connectivity index (χ3v) is 4.84. The van der Waals surface area contributed by atoms with Crippen LogP contribution in [0.3, 0.4) is 0 Å². The Morgan fingerprint density at radius 1 is 1.10 bits per heavy atom. The van der Waals surface area contributed by atoms with E-state index in [1.807, 2.05) is 48.2 Å². The summed E-state index contributed by atoms with van der Waals surface area (Å²) in [6.45, 7) is 0. The summed E-state index contributed by atoms with van der Waals surface area (Å²) in [5, 5.41) is 0.989. The van der Waals surface area contributed by atoms with E-state index in [1.165, 1.54) is 25.7 Å². The highest BCUT2D eigenvalue weighted by Crippen LogP contribution is 2.31. The van der Waals surface area contributed by atoms with Crippen LogP contribution in [0.15, 0.2) is 41.4 Å². The summed E-state index contributed by atoms with van der Waals surface area (Å²) in [6, 6.07) is 11.9. The number of aromatic nitrogens is 2. The fraction of sp³-hybridized carbons (Fsp3) is 0.375. The number of hydrogen-bond acceptors (Lipinski definition) is 4. The largest absolute Gasteiger partial charge is 0.384 e. The van der Waals surface area contributed by atoms with Gasteiger partial charge in [0.1, 0.15) is 10.8 Å². The number of nitrogen functional groups attached to an aromatic ring is 1. The molecule has 0 aliphatic heterocycles. The van der Waals surface area contributed by atoms with Crippen LogP contribution in [-0.4, -0.2) is 15.7 Å². The first kappa shape index (κ1) is 13.4. The summed E-state index contributed by atoms with van der Waals surface area (Å²) in [6.07, 6.45) is 5.48. The highest BCUT2D eigenvalue weighted by molar-refractivity contribution is 7.99. The van der Waals surface area contributed by atoms with E-state index >= 15 is 0 Å². The van der Waals surface area contributed by atoms with Gasteiger partial charge in [-0.15, -0.1) is 11.8 Å². The molecule has 1 aromatic carbocycles. The summed E-state index contributed by atoms with van der Waals surface area (Å²) in [5.74, 6) is 3.26. The third-order valence-electron chi connectivity index (χ3n) is 3.70. The maximum atomic E-state index is 5.92. The zero-order chi connectivity index (χ0) is 13.8. The van der Waals surface area contributed by atoms with Gasteiger partial charge in [-0.3, -0.25) is 0 Å². The van der Waals surface area contributed by atoms with Crippen LogP contribution in [-0.2, 0) is 0 Å². The van der Waals surface area contributed by atoms with E-state index in [9.17, 15) is 0 Å². The van der Waals surface area contributed by atoms with Crippen molar-refractivity contribution in [2.45, 2.75) is 30.7 Å². The Bertz CT molecular complexity index is 565. The highest BCUT2D eigenvalue weighted by Gasteiger charge is 2.15. The number of hydrogen-bond donors (Lipinski definition) is 1. The van der Waals surface area contributed by atoms with Gasteiger partial charge in [-0.05, 0) is 18.8 Å². The van der Waals surface area contributed by atoms with Crippen LogP contribution >= 0.6 is 11.8 Å². The van der Waals surface area contributed by atoms with Gasteiger partial charge in [0.05, 0.1) is 0 Å². The van der Waals surface area contributed by atoms with Gasteiger partial charge in [-0.2, -0.15) is 0 Å². The van der Waals surface area contributed by atoms with Crippen LogP contribution in [0, 0.1) is 5.92 Å². The van der Waals surface area contributed by atoms with Gasteiger partial charge in [0.2, 0.25) is 0 Å². The van der Waals surface area contributed by atoms with E-state index < -0.39 is 0 Å². The van der Waals surface area contributed by atoms with Crippen molar-refractivity contribution in [3.05, 3.63) is 36.4 Å². The molecule has 2 N–H and O–H groups in total. The molecule has 1 aromatic heterocycles. The molecular weight excluding hydrogens is 266 g/mol. The molecule has 104 valence electrons. The smallest absolute Gasteiger partial charge is 0.162 e. The van der Waals surface area contributed by atoms with Crippen LogP contribution in [0.25, 0.3) is 11.4 Å². The zero-order valence-electron chi connectivity index (χ0n) is 11.5. The van der Waals surface area contributed by atoms with Gasteiger partial charge >= 0.3 is 0 Å². The first-order chi connectivity index (χ1) is 9.81. The molecule has 4 heteroatoms. The van der Waals surface area contributed by atoms with Gasteiger partial charge in [0.15, 0.2) is 5.82 Å². The number of rotatable bonds is 4. The predicted octanol–water partition coefficient (Wildman–Crippen LogP) is 4.01. The molecule has 1 heterocycles. The van der Waals surface area contributed by atoms with E-state index in [2.05, 4.69) is 9.97 Å². The molecule has 0 spiro atoms. The van der Waals surface area contributed by atoms with Crippen LogP contribution < -0.4 is 5.73 Å². The van der Waals surface area contributed by atoms with Gasteiger partial charge < -0.3 is 5.73 Å². The lowest BCUT2D eigenvalue weighted by Crippen LogP contribution is -2.00. The van der Waals surface area contributed by atoms with Crippen molar-refractivity contribution < 1.29 is 0 Å². The van der Waals surface area contributed by atoms with Crippen LogP contribution in [0.1, 0.15) is 25.7 Å². The molecule has 0 unspecified atom stereocenters. The summed E-state index contributed by atoms with van der Waals surface area (Å²) >= 11 is 1.81. The normalized spacial score (nSPS) is 15.6. The van der Waals surface area contributed by atoms with E-state index in [-0.39, 0.29) is 0 Å². The van der Waals surface area contributed by atoms with Crippen molar-refractivity contribution in [1.82, 2.24) is 9.97 Å². The molecule has 1 saturated carbocycles. The Morgan fingerprint density at radius 2 is 1.85 bits per heavy atom. The number of thioether (sulfide) groups is 1. The maximum absolute atomic E-state index is 5.92. The summed E-state index contributed by atoms with van der Waals surface area (Å²) < 4.78 is 0. The molecule has 3 rings (SSSR count). The van der Waals surface area contributed by atoms with Crippen molar-refractivity contribution in [1.29, 1.82) is 0 Å². The molecule has 0 amide bonds. The average molecular weight is 285 g/mol. The molecular formula is C16H19N3S. The number of benzene rings is 1. The molecule has 1 fully saturated rings. The molecule has 2 aromatic rings. The lowest BCUT2D eigenvalue weighted by atomic mass is 10.1. The van der Waals surface area contributed by atoms with Crippen molar-refractivity contribution in [2.24, 2.45) is 5.92 Å². The molecule has 0 atom stereocenters. The fourth-order valence-corrected chi connectivity index (χ4v) is 3.71. The topological polar surface area (TPSA) is 51.8 Å².